The Morgan fingerprint density at radius 2 is 2.13 bits per heavy atom. The van der Waals surface area contributed by atoms with Crippen molar-refractivity contribution in [1.82, 2.24) is 0 Å². The Labute approximate surface area is 99.8 Å². The number of benzene rings is 1. The monoisotopic (exact) mass is 271 g/mol. The van der Waals surface area contributed by atoms with Gasteiger partial charge in [-0.3, -0.25) is 0 Å². The highest BCUT2D eigenvalue weighted by Gasteiger charge is 2.04. The first-order chi connectivity index (χ1) is 7.17. The van der Waals surface area contributed by atoms with Crippen LogP contribution < -0.4 is 5.32 Å². The number of aryl methyl sites for hydroxylation is 1. The van der Waals surface area contributed by atoms with E-state index in [1.54, 1.807) is 0 Å². The van der Waals surface area contributed by atoms with Gasteiger partial charge in [-0.05, 0) is 36.6 Å². The fourth-order valence-corrected chi connectivity index (χ4v) is 1.81. The molecule has 0 aliphatic carbocycles. The molecule has 0 fully saturated rings. The molecule has 1 aromatic rings. The first-order valence-corrected chi connectivity index (χ1v) is 6.17. The van der Waals surface area contributed by atoms with Crippen molar-refractivity contribution in [3.8, 4) is 0 Å². The van der Waals surface area contributed by atoms with E-state index in [1.165, 1.54) is 5.56 Å². The van der Waals surface area contributed by atoms with Crippen molar-refractivity contribution in [3.05, 3.63) is 28.2 Å². The number of rotatable bonds is 5. The van der Waals surface area contributed by atoms with E-state index in [9.17, 15) is 5.11 Å². The van der Waals surface area contributed by atoms with Crippen molar-refractivity contribution in [2.24, 2.45) is 0 Å². The summed E-state index contributed by atoms with van der Waals surface area (Å²) in [7, 11) is 0. The molecule has 0 aromatic heterocycles. The summed E-state index contributed by atoms with van der Waals surface area (Å²) < 4.78 is 1.10. The van der Waals surface area contributed by atoms with Gasteiger partial charge in [0.1, 0.15) is 0 Å². The first kappa shape index (κ1) is 12.5. The lowest BCUT2D eigenvalue weighted by atomic mass is 10.1. The highest BCUT2D eigenvalue weighted by Crippen LogP contribution is 2.21. The van der Waals surface area contributed by atoms with Crippen LogP contribution in [0.2, 0.25) is 0 Å². The summed E-state index contributed by atoms with van der Waals surface area (Å²) in [6.07, 6.45) is 1.51. The van der Waals surface area contributed by atoms with Crippen LogP contribution in [0.4, 0.5) is 5.69 Å². The summed E-state index contributed by atoms with van der Waals surface area (Å²) in [6.45, 7) is 4.73. The maximum Gasteiger partial charge on any atom is 0.0709 e. The van der Waals surface area contributed by atoms with Gasteiger partial charge in [-0.2, -0.15) is 0 Å². The maximum absolute atomic E-state index is 9.47. The summed E-state index contributed by atoms with van der Waals surface area (Å²) in [5, 5.41) is 12.7. The molecule has 0 amide bonds. The molecule has 0 saturated heterocycles. The van der Waals surface area contributed by atoms with Gasteiger partial charge in [0.25, 0.3) is 0 Å². The molecular formula is C12H18BrNO. The molecule has 0 spiro atoms. The summed E-state index contributed by atoms with van der Waals surface area (Å²) in [4.78, 5) is 0. The van der Waals surface area contributed by atoms with E-state index in [4.69, 9.17) is 0 Å². The number of nitrogens with one attached hydrogen (secondary N) is 1. The molecule has 3 heteroatoms. The molecule has 0 heterocycles. The minimum Gasteiger partial charge on any atom is -0.391 e. The van der Waals surface area contributed by atoms with E-state index in [0.29, 0.717) is 6.54 Å². The highest BCUT2D eigenvalue weighted by atomic mass is 79.9. The van der Waals surface area contributed by atoms with Gasteiger partial charge in [0.15, 0.2) is 0 Å². The predicted octanol–water partition coefficient (Wildman–Crippen LogP) is 3.19. The second kappa shape index (κ2) is 6.13. The Balaban J connectivity index is 2.67. The quantitative estimate of drug-likeness (QED) is 0.862. The second-order valence-corrected chi connectivity index (χ2v) is 4.51. The molecule has 2 nitrogen and oxygen atoms in total. The topological polar surface area (TPSA) is 32.3 Å². The maximum atomic E-state index is 9.47. The van der Waals surface area contributed by atoms with Crippen molar-refractivity contribution < 1.29 is 5.11 Å². The Morgan fingerprint density at radius 3 is 2.73 bits per heavy atom. The Bertz CT molecular complexity index is 314. The number of halogens is 1. The second-order valence-electron chi connectivity index (χ2n) is 3.60. The molecule has 1 unspecified atom stereocenters. The van der Waals surface area contributed by atoms with Crippen LogP contribution in [-0.2, 0) is 6.42 Å². The van der Waals surface area contributed by atoms with Gasteiger partial charge in [-0.15, -0.1) is 0 Å². The van der Waals surface area contributed by atoms with Gasteiger partial charge in [-0.25, -0.2) is 0 Å². The number of anilines is 1. The summed E-state index contributed by atoms with van der Waals surface area (Å²) >= 11 is 3.45. The number of hydrogen-bond donors (Lipinski definition) is 2. The third-order valence-corrected chi connectivity index (χ3v) is 2.94. The molecule has 0 saturated carbocycles. The lowest BCUT2D eigenvalue weighted by Gasteiger charge is -2.14. The van der Waals surface area contributed by atoms with E-state index >= 15 is 0 Å². The zero-order valence-electron chi connectivity index (χ0n) is 9.26. The standard InChI is InChI=1S/C12H18BrNO/c1-3-9-7-10(13)5-6-12(9)14-8-11(15)4-2/h5-7,11,14-15H,3-4,8H2,1-2H3. The molecule has 1 rings (SSSR count). The van der Waals surface area contributed by atoms with Crippen molar-refractivity contribution in [2.75, 3.05) is 11.9 Å². The Morgan fingerprint density at radius 1 is 1.40 bits per heavy atom. The molecule has 1 atom stereocenters. The number of hydrogen-bond acceptors (Lipinski definition) is 2. The van der Waals surface area contributed by atoms with Gasteiger partial charge in [0, 0.05) is 16.7 Å². The average molecular weight is 272 g/mol. The molecule has 0 radical (unpaired) electrons. The third-order valence-electron chi connectivity index (χ3n) is 2.45. The largest absolute Gasteiger partial charge is 0.391 e. The lowest BCUT2D eigenvalue weighted by Crippen LogP contribution is -2.18. The zero-order chi connectivity index (χ0) is 11.3. The van der Waals surface area contributed by atoms with Crippen LogP contribution in [-0.4, -0.2) is 17.8 Å². The van der Waals surface area contributed by atoms with Gasteiger partial charge >= 0.3 is 0 Å². The zero-order valence-corrected chi connectivity index (χ0v) is 10.8. The van der Waals surface area contributed by atoms with E-state index in [0.717, 1.165) is 23.0 Å². The Kier molecular flexibility index (Phi) is 5.12. The van der Waals surface area contributed by atoms with Crippen LogP contribution in [0.5, 0.6) is 0 Å². The van der Waals surface area contributed by atoms with E-state index < -0.39 is 0 Å². The van der Waals surface area contributed by atoms with Crippen LogP contribution in [0.25, 0.3) is 0 Å². The SMILES string of the molecule is CCc1cc(Br)ccc1NCC(O)CC. The smallest absolute Gasteiger partial charge is 0.0709 e. The van der Waals surface area contributed by atoms with Crippen LogP contribution in [0.15, 0.2) is 22.7 Å². The highest BCUT2D eigenvalue weighted by molar-refractivity contribution is 9.10. The third kappa shape index (κ3) is 3.84. The molecule has 15 heavy (non-hydrogen) atoms. The van der Waals surface area contributed by atoms with Crippen molar-refractivity contribution in [3.63, 3.8) is 0 Å². The van der Waals surface area contributed by atoms with E-state index in [-0.39, 0.29) is 6.10 Å². The fourth-order valence-electron chi connectivity index (χ4n) is 1.40. The van der Waals surface area contributed by atoms with Crippen molar-refractivity contribution in [2.45, 2.75) is 32.8 Å². The van der Waals surface area contributed by atoms with Crippen LogP contribution in [0, 0.1) is 0 Å². The number of aliphatic hydroxyl groups is 1. The van der Waals surface area contributed by atoms with Gasteiger partial charge < -0.3 is 10.4 Å². The minimum absolute atomic E-state index is 0.265. The predicted molar refractivity (Wildman–Crippen MR) is 68.3 cm³/mol. The molecular weight excluding hydrogens is 254 g/mol. The molecule has 1 aromatic carbocycles. The fraction of sp³-hybridized carbons (Fsp3) is 0.500. The molecule has 0 bridgehead atoms. The van der Waals surface area contributed by atoms with Crippen molar-refractivity contribution in [1.29, 1.82) is 0 Å². The van der Waals surface area contributed by atoms with E-state index in [2.05, 4.69) is 34.2 Å². The normalized spacial score (nSPS) is 12.5. The first-order valence-electron chi connectivity index (χ1n) is 5.37. The number of aliphatic hydroxyl groups excluding tert-OH is 1. The molecule has 0 aliphatic rings. The summed E-state index contributed by atoms with van der Waals surface area (Å²) in [5.41, 5.74) is 2.39. The summed E-state index contributed by atoms with van der Waals surface area (Å²) in [6, 6.07) is 6.17. The minimum atomic E-state index is -0.265. The Hall–Kier alpha value is -0.540. The van der Waals surface area contributed by atoms with E-state index in [1.807, 2.05) is 19.1 Å². The lowest BCUT2D eigenvalue weighted by molar-refractivity contribution is 0.183. The molecule has 0 aliphatic heterocycles. The van der Waals surface area contributed by atoms with Crippen LogP contribution in [0.3, 0.4) is 0 Å². The van der Waals surface area contributed by atoms with Gasteiger partial charge in [0.2, 0.25) is 0 Å². The van der Waals surface area contributed by atoms with Crippen molar-refractivity contribution >= 4 is 21.6 Å². The van der Waals surface area contributed by atoms with Gasteiger partial charge in [0.05, 0.1) is 6.10 Å². The average Bonchev–Trinajstić information content (AvgIpc) is 2.26. The van der Waals surface area contributed by atoms with Crippen LogP contribution in [0.1, 0.15) is 25.8 Å². The van der Waals surface area contributed by atoms with Crippen LogP contribution >= 0.6 is 15.9 Å². The summed E-state index contributed by atoms with van der Waals surface area (Å²) in [5.74, 6) is 0. The molecule has 84 valence electrons. The molecule has 2 N–H and O–H groups in total. The van der Waals surface area contributed by atoms with Gasteiger partial charge in [-0.1, -0.05) is 29.8 Å².